The number of likely N-dealkylation sites (N-methyl/N-ethyl adjacent to an activating group) is 1. The maximum atomic E-state index is 12.5. The zero-order valence-electron chi connectivity index (χ0n) is 16.1. The molecule has 7 heteroatoms. The van der Waals surface area contributed by atoms with Gasteiger partial charge in [-0.15, -0.1) is 0 Å². The molecule has 0 spiro atoms. The van der Waals surface area contributed by atoms with Crippen molar-refractivity contribution in [2.24, 2.45) is 0 Å². The van der Waals surface area contributed by atoms with Crippen LogP contribution in [0, 0.1) is 0 Å². The monoisotopic (exact) mass is 410 g/mol. The third-order valence-corrected chi connectivity index (χ3v) is 6.69. The Balaban J connectivity index is 1.47. The van der Waals surface area contributed by atoms with Crippen LogP contribution in [0.15, 0.2) is 70.0 Å². The molecule has 29 heavy (non-hydrogen) atoms. The highest BCUT2D eigenvalue weighted by molar-refractivity contribution is 7.90. The predicted octanol–water partition coefficient (Wildman–Crippen LogP) is 3.89. The Labute approximate surface area is 170 Å². The largest absolute Gasteiger partial charge is 0.455 e. The van der Waals surface area contributed by atoms with Gasteiger partial charge in [0.1, 0.15) is 11.5 Å². The number of benzene rings is 2. The summed E-state index contributed by atoms with van der Waals surface area (Å²) in [4.78, 5) is 15.0. The fourth-order valence-electron chi connectivity index (χ4n) is 3.52. The van der Waals surface area contributed by atoms with Crippen LogP contribution in [0.1, 0.15) is 28.8 Å². The Kier molecular flexibility index (Phi) is 5.15. The number of nitrogens with zero attached hydrogens (tertiary/aromatic N) is 1. The zero-order chi connectivity index (χ0) is 20.4. The van der Waals surface area contributed by atoms with Crippen LogP contribution in [-0.2, 0) is 22.0 Å². The summed E-state index contributed by atoms with van der Waals surface area (Å²) in [6.07, 6.45) is 1.01. The van der Waals surface area contributed by atoms with Gasteiger partial charge >= 0.3 is 0 Å². The average Bonchev–Trinajstić information content (AvgIpc) is 3.35. The summed E-state index contributed by atoms with van der Waals surface area (Å²) < 4.78 is 30.5. The second-order valence-electron chi connectivity index (χ2n) is 6.97. The van der Waals surface area contributed by atoms with Crippen molar-refractivity contribution < 1.29 is 17.6 Å². The van der Waals surface area contributed by atoms with Gasteiger partial charge in [0.05, 0.1) is 4.90 Å². The van der Waals surface area contributed by atoms with Crippen LogP contribution in [0.3, 0.4) is 0 Å². The Morgan fingerprint density at radius 3 is 2.66 bits per heavy atom. The molecule has 0 fully saturated rings. The van der Waals surface area contributed by atoms with Crippen LogP contribution in [0.2, 0.25) is 0 Å². The van der Waals surface area contributed by atoms with Gasteiger partial charge in [-0.3, -0.25) is 4.79 Å². The van der Waals surface area contributed by atoms with Crippen LogP contribution in [0.5, 0.6) is 0 Å². The van der Waals surface area contributed by atoms with Crippen LogP contribution in [0.4, 0.5) is 11.4 Å². The predicted molar refractivity (Wildman–Crippen MR) is 112 cm³/mol. The molecule has 2 heterocycles. The van der Waals surface area contributed by atoms with Gasteiger partial charge in [0.2, 0.25) is 0 Å². The summed E-state index contributed by atoms with van der Waals surface area (Å²) in [5.41, 5.74) is 3.10. The molecule has 1 N–H and O–H groups in total. The molecule has 0 saturated carbocycles. The van der Waals surface area contributed by atoms with Crippen molar-refractivity contribution in [3.05, 3.63) is 77.7 Å². The lowest BCUT2D eigenvalue weighted by atomic mass is 10.1. The first kappa shape index (κ1) is 19.3. The Morgan fingerprint density at radius 2 is 1.90 bits per heavy atom. The third-order valence-electron chi connectivity index (χ3n) is 5.04. The van der Waals surface area contributed by atoms with Crippen LogP contribution in [0.25, 0.3) is 0 Å². The summed E-state index contributed by atoms with van der Waals surface area (Å²) in [6.45, 7) is 4.01. The molecule has 1 aliphatic heterocycles. The molecule has 0 atom stereocenters. The van der Waals surface area contributed by atoms with Gasteiger partial charge in [-0.05, 0) is 55.3 Å². The fraction of sp³-hybridized carbons (Fsp3) is 0.227. The molecule has 1 amide bonds. The van der Waals surface area contributed by atoms with E-state index in [1.165, 1.54) is 17.7 Å². The van der Waals surface area contributed by atoms with Gasteiger partial charge in [-0.2, -0.15) is 0 Å². The van der Waals surface area contributed by atoms with E-state index in [4.69, 9.17) is 4.42 Å². The van der Waals surface area contributed by atoms with Gasteiger partial charge < -0.3 is 14.6 Å². The topological polar surface area (TPSA) is 79.6 Å². The van der Waals surface area contributed by atoms with Gasteiger partial charge in [0.15, 0.2) is 15.6 Å². The molecule has 6 nitrogen and oxygen atoms in total. The van der Waals surface area contributed by atoms with Gasteiger partial charge in [-0.25, -0.2) is 8.42 Å². The number of nitrogens with one attached hydrogen (secondary N) is 1. The number of anilines is 2. The van der Waals surface area contributed by atoms with Gasteiger partial charge in [-0.1, -0.05) is 24.3 Å². The summed E-state index contributed by atoms with van der Waals surface area (Å²) in [5.74, 6) is -0.398. The first-order valence-corrected chi connectivity index (χ1v) is 11.2. The second-order valence-corrected chi connectivity index (χ2v) is 8.95. The number of amides is 1. The summed E-state index contributed by atoms with van der Waals surface area (Å²) in [5, 5.41) is 2.83. The van der Waals surface area contributed by atoms with Crippen molar-refractivity contribution in [2.45, 2.75) is 24.0 Å². The van der Waals surface area contributed by atoms with Crippen molar-refractivity contribution in [3.8, 4) is 0 Å². The third kappa shape index (κ3) is 4.05. The SMILES string of the molecule is CCN1CCc2ccc(NC(=O)c3ccc(CS(=O)(=O)c4ccccc4)o3)cc21. The minimum absolute atomic E-state index is 0.0797. The molecule has 3 aromatic rings. The van der Waals surface area contributed by atoms with Crippen LogP contribution in [-0.4, -0.2) is 27.4 Å². The molecule has 0 radical (unpaired) electrons. The van der Waals surface area contributed by atoms with E-state index >= 15 is 0 Å². The molecular formula is C22H22N2O4S. The lowest BCUT2D eigenvalue weighted by molar-refractivity contribution is 0.0995. The first-order valence-electron chi connectivity index (χ1n) is 9.52. The summed E-state index contributed by atoms with van der Waals surface area (Å²) in [7, 11) is -3.53. The highest BCUT2D eigenvalue weighted by Crippen LogP contribution is 2.30. The first-order chi connectivity index (χ1) is 14.0. The standard InChI is InChI=1S/C22H22N2O4S/c1-2-24-13-12-16-8-9-17(14-20(16)24)23-22(25)21-11-10-18(28-21)15-29(26,27)19-6-4-3-5-7-19/h3-11,14H,2,12-13,15H2,1H3,(H,23,25). The minimum Gasteiger partial charge on any atom is -0.455 e. The minimum atomic E-state index is -3.53. The molecule has 0 bridgehead atoms. The number of hydrogen-bond acceptors (Lipinski definition) is 5. The molecule has 0 unspecified atom stereocenters. The number of hydrogen-bond donors (Lipinski definition) is 1. The highest BCUT2D eigenvalue weighted by atomic mass is 32.2. The Hall–Kier alpha value is -3.06. The van der Waals surface area contributed by atoms with Crippen molar-refractivity contribution >= 4 is 27.1 Å². The van der Waals surface area contributed by atoms with Crippen molar-refractivity contribution in [2.75, 3.05) is 23.3 Å². The molecule has 0 aliphatic carbocycles. The average molecular weight is 410 g/mol. The lowest BCUT2D eigenvalue weighted by Crippen LogP contribution is -2.19. The molecule has 1 aromatic heterocycles. The van der Waals surface area contributed by atoms with Gasteiger partial charge in [0, 0.05) is 24.5 Å². The van der Waals surface area contributed by atoms with E-state index in [9.17, 15) is 13.2 Å². The Morgan fingerprint density at radius 1 is 1.10 bits per heavy atom. The summed E-state index contributed by atoms with van der Waals surface area (Å²) in [6, 6.07) is 17.1. The maximum Gasteiger partial charge on any atom is 0.291 e. The van der Waals surface area contributed by atoms with E-state index in [-0.39, 0.29) is 22.2 Å². The van der Waals surface area contributed by atoms with E-state index in [1.54, 1.807) is 30.3 Å². The van der Waals surface area contributed by atoms with E-state index in [2.05, 4.69) is 17.1 Å². The second kappa shape index (κ2) is 7.75. The number of sulfone groups is 1. The smallest absolute Gasteiger partial charge is 0.291 e. The zero-order valence-corrected chi connectivity index (χ0v) is 16.9. The van der Waals surface area contributed by atoms with E-state index < -0.39 is 15.7 Å². The number of fused-ring (bicyclic) bond motifs is 1. The van der Waals surface area contributed by atoms with Crippen molar-refractivity contribution in [3.63, 3.8) is 0 Å². The van der Waals surface area contributed by atoms with Crippen molar-refractivity contribution in [1.29, 1.82) is 0 Å². The van der Waals surface area contributed by atoms with E-state index in [1.807, 2.05) is 18.2 Å². The number of carbonyl (C=O) groups excluding carboxylic acids is 1. The van der Waals surface area contributed by atoms with Gasteiger partial charge in [0.25, 0.3) is 5.91 Å². The molecule has 2 aromatic carbocycles. The normalized spacial score (nSPS) is 13.3. The van der Waals surface area contributed by atoms with E-state index in [0.717, 1.165) is 25.2 Å². The molecular weight excluding hydrogens is 388 g/mol. The highest BCUT2D eigenvalue weighted by Gasteiger charge is 2.21. The molecule has 0 saturated heterocycles. The number of rotatable bonds is 6. The molecule has 4 rings (SSSR count). The Bertz CT molecular complexity index is 1140. The summed E-state index contributed by atoms with van der Waals surface area (Å²) >= 11 is 0. The molecule has 150 valence electrons. The van der Waals surface area contributed by atoms with Crippen LogP contribution >= 0.6 is 0 Å². The maximum absolute atomic E-state index is 12.5. The van der Waals surface area contributed by atoms with Crippen LogP contribution < -0.4 is 10.2 Å². The van der Waals surface area contributed by atoms with E-state index in [0.29, 0.717) is 5.69 Å². The van der Waals surface area contributed by atoms with Crippen molar-refractivity contribution in [1.82, 2.24) is 0 Å². The number of furan rings is 1. The fourth-order valence-corrected chi connectivity index (χ4v) is 4.79. The quantitative estimate of drug-likeness (QED) is 0.667. The number of carbonyl (C=O) groups is 1. The molecule has 1 aliphatic rings. The lowest BCUT2D eigenvalue weighted by Gasteiger charge is -2.17.